The summed E-state index contributed by atoms with van der Waals surface area (Å²) in [5.41, 5.74) is 0. The summed E-state index contributed by atoms with van der Waals surface area (Å²) in [6.07, 6.45) is 0.527. The predicted octanol–water partition coefficient (Wildman–Crippen LogP) is 1.12. The fourth-order valence-electron chi connectivity index (χ4n) is 2.21. The van der Waals surface area contributed by atoms with Crippen LogP contribution >= 0.6 is 0 Å². The Kier molecular flexibility index (Phi) is 3.82. The minimum Gasteiger partial charge on any atom is -0.371 e. The van der Waals surface area contributed by atoms with E-state index in [4.69, 9.17) is 0 Å². The summed E-state index contributed by atoms with van der Waals surface area (Å²) in [5.74, 6) is -1.70. The molecule has 0 radical (unpaired) electrons. The molecule has 1 aromatic heterocycles. The summed E-state index contributed by atoms with van der Waals surface area (Å²) in [7, 11) is 1.51. The van der Waals surface area contributed by atoms with Crippen molar-refractivity contribution in [2.75, 3.05) is 30.4 Å². The van der Waals surface area contributed by atoms with Gasteiger partial charge in [-0.05, 0) is 6.42 Å². The standard InChI is InChI=1S/C12H16F2N4O/c1-3-9-12(19)16-4-5-18(9)11-8(14)6-7(13)10(15-2)17-11/h6,9H,3-5H2,1-2H3,(H,15,17)(H,16,19). The molecule has 1 amide bonds. The zero-order valence-electron chi connectivity index (χ0n) is 10.8. The molecule has 0 saturated carbocycles. The van der Waals surface area contributed by atoms with E-state index in [1.54, 1.807) is 4.90 Å². The molecule has 1 aliphatic rings. The van der Waals surface area contributed by atoms with E-state index >= 15 is 0 Å². The highest BCUT2D eigenvalue weighted by Crippen LogP contribution is 2.25. The van der Waals surface area contributed by atoms with Gasteiger partial charge in [-0.3, -0.25) is 4.79 Å². The number of hydrogen-bond donors (Lipinski definition) is 2. The van der Waals surface area contributed by atoms with E-state index in [0.29, 0.717) is 19.5 Å². The van der Waals surface area contributed by atoms with Gasteiger partial charge in [0.2, 0.25) is 5.91 Å². The van der Waals surface area contributed by atoms with Crippen LogP contribution < -0.4 is 15.5 Å². The van der Waals surface area contributed by atoms with E-state index in [0.717, 1.165) is 6.07 Å². The Morgan fingerprint density at radius 2 is 2.26 bits per heavy atom. The van der Waals surface area contributed by atoms with Gasteiger partial charge < -0.3 is 15.5 Å². The topological polar surface area (TPSA) is 57.3 Å². The second-order valence-electron chi connectivity index (χ2n) is 4.28. The average Bonchev–Trinajstić information content (AvgIpc) is 2.39. The molecule has 5 nitrogen and oxygen atoms in total. The van der Waals surface area contributed by atoms with E-state index in [1.165, 1.54) is 7.05 Å². The number of pyridine rings is 1. The number of amides is 1. The first-order chi connectivity index (χ1) is 9.08. The van der Waals surface area contributed by atoms with Crippen LogP contribution in [0.25, 0.3) is 0 Å². The molecule has 1 atom stereocenters. The monoisotopic (exact) mass is 270 g/mol. The molecule has 2 heterocycles. The van der Waals surface area contributed by atoms with Crippen molar-refractivity contribution in [1.29, 1.82) is 0 Å². The van der Waals surface area contributed by atoms with Crippen LogP contribution in [-0.4, -0.2) is 37.1 Å². The Bertz CT molecular complexity index is 495. The molecule has 0 aliphatic carbocycles. The molecule has 19 heavy (non-hydrogen) atoms. The number of halogens is 2. The van der Waals surface area contributed by atoms with Gasteiger partial charge in [-0.1, -0.05) is 6.92 Å². The van der Waals surface area contributed by atoms with E-state index in [2.05, 4.69) is 15.6 Å². The molecular weight excluding hydrogens is 254 g/mol. The second kappa shape index (κ2) is 5.38. The van der Waals surface area contributed by atoms with Crippen LogP contribution in [0.2, 0.25) is 0 Å². The molecule has 7 heteroatoms. The highest BCUT2D eigenvalue weighted by atomic mass is 19.1. The third-order valence-corrected chi connectivity index (χ3v) is 3.14. The van der Waals surface area contributed by atoms with Gasteiger partial charge in [-0.15, -0.1) is 0 Å². The van der Waals surface area contributed by atoms with Gasteiger partial charge in [0.25, 0.3) is 0 Å². The first-order valence-electron chi connectivity index (χ1n) is 6.16. The van der Waals surface area contributed by atoms with Crippen LogP contribution in [0.3, 0.4) is 0 Å². The maximum Gasteiger partial charge on any atom is 0.242 e. The van der Waals surface area contributed by atoms with Crippen LogP contribution in [0.15, 0.2) is 6.07 Å². The number of carbonyl (C=O) groups is 1. The van der Waals surface area contributed by atoms with E-state index in [-0.39, 0.29) is 17.5 Å². The lowest BCUT2D eigenvalue weighted by molar-refractivity contribution is -0.123. The van der Waals surface area contributed by atoms with E-state index in [9.17, 15) is 13.6 Å². The quantitative estimate of drug-likeness (QED) is 0.864. The highest BCUT2D eigenvalue weighted by Gasteiger charge is 2.31. The maximum atomic E-state index is 13.9. The number of piperazine rings is 1. The molecule has 1 unspecified atom stereocenters. The van der Waals surface area contributed by atoms with Crippen molar-refractivity contribution in [3.8, 4) is 0 Å². The van der Waals surface area contributed by atoms with Gasteiger partial charge in [0.1, 0.15) is 6.04 Å². The Balaban J connectivity index is 2.42. The SMILES string of the molecule is CCC1C(=O)NCCN1c1nc(NC)c(F)cc1F. The number of nitrogens with one attached hydrogen (secondary N) is 2. The van der Waals surface area contributed by atoms with Gasteiger partial charge in [0, 0.05) is 26.2 Å². The smallest absolute Gasteiger partial charge is 0.242 e. The third-order valence-electron chi connectivity index (χ3n) is 3.14. The Hall–Kier alpha value is -1.92. The van der Waals surface area contributed by atoms with Crippen molar-refractivity contribution in [3.05, 3.63) is 17.7 Å². The summed E-state index contributed by atoms with van der Waals surface area (Å²) in [4.78, 5) is 17.3. The zero-order valence-corrected chi connectivity index (χ0v) is 10.8. The lowest BCUT2D eigenvalue weighted by Crippen LogP contribution is -2.55. The molecule has 1 aliphatic heterocycles. The van der Waals surface area contributed by atoms with Gasteiger partial charge in [-0.2, -0.15) is 0 Å². The van der Waals surface area contributed by atoms with Crippen molar-refractivity contribution in [1.82, 2.24) is 10.3 Å². The fraction of sp³-hybridized carbons (Fsp3) is 0.500. The van der Waals surface area contributed by atoms with Crippen LogP contribution in [0.1, 0.15) is 13.3 Å². The van der Waals surface area contributed by atoms with Crippen LogP contribution in [0, 0.1) is 11.6 Å². The summed E-state index contributed by atoms with van der Waals surface area (Å²) < 4.78 is 27.3. The average molecular weight is 270 g/mol. The summed E-state index contributed by atoms with van der Waals surface area (Å²) in [5, 5.41) is 5.29. The maximum absolute atomic E-state index is 13.9. The normalized spacial score (nSPS) is 19.3. The number of aromatic nitrogens is 1. The fourth-order valence-corrected chi connectivity index (χ4v) is 2.21. The summed E-state index contributed by atoms with van der Waals surface area (Å²) in [6.45, 7) is 2.70. The van der Waals surface area contributed by atoms with Crippen molar-refractivity contribution >= 4 is 17.5 Å². The summed E-state index contributed by atoms with van der Waals surface area (Å²) in [6, 6.07) is 0.304. The number of rotatable bonds is 3. The zero-order chi connectivity index (χ0) is 14.0. The molecule has 1 saturated heterocycles. The van der Waals surface area contributed by atoms with Crippen molar-refractivity contribution in [3.63, 3.8) is 0 Å². The molecule has 0 aromatic carbocycles. The Morgan fingerprint density at radius 1 is 1.53 bits per heavy atom. The molecule has 0 bridgehead atoms. The van der Waals surface area contributed by atoms with Crippen molar-refractivity contribution in [2.24, 2.45) is 0 Å². The van der Waals surface area contributed by atoms with E-state index < -0.39 is 17.7 Å². The van der Waals surface area contributed by atoms with Crippen molar-refractivity contribution < 1.29 is 13.6 Å². The van der Waals surface area contributed by atoms with Crippen molar-refractivity contribution in [2.45, 2.75) is 19.4 Å². The molecule has 1 fully saturated rings. The van der Waals surface area contributed by atoms with Gasteiger partial charge in [0.05, 0.1) is 0 Å². The van der Waals surface area contributed by atoms with E-state index in [1.807, 2.05) is 6.92 Å². The number of carbonyl (C=O) groups excluding carboxylic acids is 1. The Labute approximate surface area is 110 Å². The first kappa shape index (κ1) is 13.5. The minimum atomic E-state index is -0.760. The second-order valence-corrected chi connectivity index (χ2v) is 4.28. The lowest BCUT2D eigenvalue weighted by Gasteiger charge is -2.35. The molecule has 104 valence electrons. The molecule has 2 N–H and O–H groups in total. The molecule has 1 aromatic rings. The first-order valence-corrected chi connectivity index (χ1v) is 6.16. The molecule has 2 rings (SSSR count). The number of hydrogen-bond acceptors (Lipinski definition) is 4. The highest BCUT2D eigenvalue weighted by molar-refractivity contribution is 5.86. The predicted molar refractivity (Wildman–Crippen MR) is 68.1 cm³/mol. The van der Waals surface area contributed by atoms with Gasteiger partial charge >= 0.3 is 0 Å². The van der Waals surface area contributed by atoms with Crippen LogP contribution in [0.5, 0.6) is 0 Å². The summed E-state index contributed by atoms with van der Waals surface area (Å²) >= 11 is 0. The minimum absolute atomic E-state index is 0.00690. The third kappa shape index (κ3) is 2.45. The van der Waals surface area contributed by atoms with Gasteiger partial charge in [0.15, 0.2) is 23.3 Å². The van der Waals surface area contributed by atoms with Crippen LogP contribution in [-0.2, 0) is 4.79 Å². The number of nitrogens with zero attached hydrogens (tertiary/aromatic N) is 2. The number of anilines is 2. The van der Waals surface area contributed by atoms with Crippen LogP contribution in [0.4, 0.5) is 20.4 Å². The lowest BCUT2D eigenvalue weighted by atomic mass is 10.1. The van der Waals surface area contributed by atoms with Gasteiger partial charge in [-0.25, -0.2) is 13.8 Å². The molecular formula is C12H16F2N4O. The Morgan fingerprint density at radius 3 is 2.89 bits per heavy atom. The molecule has 0 spiro atoms. The largest absolute Gasteiger partial charge is 0.371 e.